The first-order chi connectivity index (χ1) is 9.41. The Morgan fingerprint density at radius 3 is 2.35 bits per heavy atom. The standard InChI is InChI=1S/C13H15NO6/c1-8(15)20-11(10(16)13(18)19)12(17)14-7-9-5-3-2-4-6-9/h2-6,10-11,16H,7H2,1H3,(H,14,17)(H,18,19)/t10-,11-/m1/s1. The van der Waals surface area contributed by atoms with E-state index in [0.29, 0.717) is 0 Å². The van der Waals surface area contributed by atoms with Crippen LogP contribution in [-0.4, -0.2) is 40.3 Å². The van der Waals surface area contributed by atoms with E-state index in [2.05, 4.69) is 10.1 Å². The van der Waals surface area contributed by atoms with Gasteiger partial charge in [0.15, 0.2) is 6.10 Å². The lowest BCUT2D eigenvalue weighted by atomic mass is 10.1. The van der Waals surface area contributed by atoms with Crippen LogP contribution in [0.3, 0.4) is 0 Å². The fraction of sp³-hybridized carbons (Fsp3) is 0.308. The summed E-state index contributed by atoms with van der Waals surface area (Å²) >= 11 is 0. The largest absolute Gasteiger partial charge is 0.479 e. The second-order valence-corrected chi connectivity index (χ2v) is 4.02. The Kier molecular flexibility index (Phi) is 5.67. The van der Waals surface area contributed by atoms with Crippen molar-refractivity contribution in [2.24, 2.45) is 0 Å². The van der Waals surface area contributed by atoms with Gasteiger partial charge in [0, 0.05) is 13.5 Å². The fourth-order valence-electron chi connectivity index (χ4n) is 1.46. The third-order valence-corrected chi connectivity index (χ3v) is 2.40. The molecule has 0 spiro atoms. The van der Waals surface area contributed by atoms with Crippen LogP contribution >= 0.6 is 0 Å². The van der Waals surface area contributed by atoms with Gasteiger partial charge in [-0.3, -0.25) is 9.59 Å². The SMILES string of the molecule is CC(=O)O[C@@H](C(=O)NCc1ccccc1)[C@@H](O)C(=O)O. The van der Waals surface area contributed by atoms with E-state index in [4.69, 9.17) is 5.11 Å². The molecule has 0 saturated heterocycles. The third-order valence-electron chi connectivity index (χ3n) is 2.40. The number of esters is 1. The number of ether oxygens (including phenoxy) is 1. The number of carboxylic acid groups (broad SMARTS) is 1. The zero-order chi connectivity index (χ0) is 15.1. The van der Waals surface area contributed by atoms with Crippen molar-refractivity contribution in [2.75, 3.05) is 0 Å². The molecule has 1 amide bonds. The second kappa shape index (κ2) is 7.25. The predicted molar refractivity (Wildman–Crippen MR) is 67.5 cm³/mol. The second-order valence-electron chi connectivity index (χ2n) is 4.02. The number of hydrogen-bond donors (Lipinski definition) is 3. The molecule has 2 atom stereocenters. The van der Waals surface area contributed by atoms with Crippen molar-refractivity contribution >= 4 is 17.8 Å². The molecule has 1 aromatic rings. The first-order valence-corrected chi connectivity index (χ1v) is 5.81. The van der Waals surface area contributed by atoms with E-state index in [1.807, 2.05) is 0 Å². The zero-order valence-electron chi connectivity index (χ0n) is 10.8. The maximum atomic E-state index is 11.8. The number of carbonyl (C=O) groups is 3. The Morgan fingerprint density at radius 1 is 1.25 bits per heavy atom. The van der Waals surface area contributed by atoms with E-state index in [1.165, 1.54) is 0 Å². The summed E-state index contributed by atoms with van der Waals surface area (Å²) in [5, 5.41) is 20.4. The molecule has 1 aromatic carbocycles. The number of carbonyl (C=O) groups excluding carboxylic acids is 2. The van der Waals surface area contributed by atoms with Gasteiger partial charge in [-0.15, -0.1) is 0 Å². The molecule has 0 fully saturated rings. The quantitative estimate of drug-likeness (QED) is 0.616. The number of benzene rings is 1. The maximum absolute atomic E-state index is 11.8. The normalized spacial score (nSPS) is 13.1. The van der Waals surface area contributed by atoms with E-state index in [1.54, 1.807) is 30.3 Å². The summed E-state index contributed by atoms with van der Waals surface area (Å²) in [6, 6.07) is 8.87. The molecule has 1 rings (SSSR count). The minimum Gasteiger partial charge on any atom is -0.479 e. The lowest BCUT2D eigenvalue weighted by Crippen LogP contribution is -2.47. The summed E-state index contributed by atoms with van der Waals surface area (Å²) < 4.78 is 4.54. The molecule has 0 aliphatic rings. The molecule has 0 aliphatic carbocycles. The van der Waals surface area contributed by atoms with Gasteiger partial charge in [-0.25, -0.2) is 4.79 Å². The molecule has 0 bridgehead atoms. The average Bonchev–Trinajstić information content (AvgIpc) is 2.42. The third kappa shape index (κ3) is 4.69. The Morgan fingerprint density at radius 2 is 1.85 bits per heavy atom. The molecular formula is C13H15NO6. The van der Waals surface area contributed by atoms with Crippen molar-refractivity contribution in [3.63, 3.8) is 0 Å². The molecule has 7 heteroatoms. The monoisotopic (exact) mass is 281 g/mol. The minimum absolute atomic E-state index is 0.129. The number of aliphatic hydroxyl groups is 1. The highest BCUT2D eigenvalue weighted by Gasteiger charge is 2.34. The highest BCUT2D eigenvalue weighted by atomic mass is 16.6. The van der Waals surface area contributed by atoms with Crippen LogP contribution in [0.1, 0.15) is 12.5 Å². The highest BCUT2D eigenvalue weighted by molar-refractivity contribution is 5.89. The van der Waals surface area contributed by atoms with Crippen molar-refractivity contribution in [3.05, 3.63) is 35.9 Å². The summed E-state index contributed by atoms with van der Waals surface area (Å²) in [7, 11) is 0. The molecule has 3 N–H and O–H groups in total. The lowest BCUT2D eigenvalue weighted by molar-refractivity contribution is -0.170. The number of aliphatic hydroxyl groups excluding tert-OH is 1. The summed E-state index contributed by atoms with van der Waals surface area (Å²) in [6.45, 7) is 1.15. The number of hydrogen-bond acceptors (Lipinski definition) is 5. The summed E-state index contributed by atoms with van der Waals surface area (Å²) in [5.41, 5.74) is 0.784. The van der Waals surface area contributed by atoms with Gasteiger partial charge in [-0.1, -0.05) is 30.3 Å². The Labute approximate surface area is 115 Å². The minimum atomic E-state index is -2.12. The number of aliphatic carboxylic acids is 1. The van der Waals surface area contributed by atoms with Crippen LogP contribution in [-0.2, 0) is 25.7 Å². The molecule has 0 saturated carbocycles. The molecule has 0 aliphatic heterocycles. The Bertz CT molecular complexity index is 487. The van der Waals surface area contributed by atoms with Crippen LogP contribution < -0.4 is 5.32 Å². The molecule has 0 radical (unpaired) electrons. The van der Waals surface area contributed by atoms with Gasteiger partial charge in [0.2, 0.25) is 6.10 Å². The molecular weight excluding hydrogens is 266 g/mol. The van der Waals surface area contributed by atoms with Gasteiger partial charge in [0.1, 0.15) is 0 Å². The summed E-state index contributed by atoms with van der Waals surface area (Å²) in [6.07, 6.45) is -3.90. The highest BCUT2D eigenvalue weighted by Crippen LogP contribution is 2.03. The van der Waals surface area contributed by atoms with E-state index in [9.17, 15) is 19.5 Å². The molecule has 20 heavy (non-hydrogen) atoms. The van der Waals surface area contributed by atoms with Crippen molar-refractivity contribution in [1.29, 1.82) is 0 Å². The Hall–Kier alpha value is -2.41. The fourth-order valence-corrected chi connectivity index (χ4v) is 1.46. The number of rotatable bonds is 6. The van der Waals surface area contributed by atoms with Crippen LogP contribution in [0.2, 0.25) is 0 Å². The topological polar surface area (TPSA) is 113 Å². The number of amides is 1. The zero-order valence-corrected chi connectivity index (χ0v) is 10.8. The molecule has 108 valence electrons. The molecule has 7 nitrogen and oxygen atoms in total. The van der Waals surface area contributed by atoms with Gasteiger partial charge < -0.3 is 20.3 Å². The van der Waals surface area contributed by atoms with Crippen LogP contribution in [0.5, 0.6) is 0 Å². The number of nitrogens with one attached hydrogen (secondary N) is 1. The van der Waals surface area contributed by atoms with Gasteiger partial charge in [-0.05, 0) is 5.56 Å². The van der Waals surface area contributed by atoms with Crippen molar-refractivity contribution < 1.29 is 29.3 Å². The first kappa shape index (κ1) is 15.6. The van der Waals surface area contributed by atoms with Crippen LogP contribution in [0.15, 0.2) is 30.3 Å². The van der Waals surface area contributed by atoms with Gasteiger partial charge >= 0.3 is 11.9 Å². The predicted octanol–water partition coefficient (Wildman–Crippen LogP) is -0.320. The van der Waals surface area contributed by atoms with Crippen molar-refractivity contribution in [3.8, 4) is 0 Å². The summed E-state index contributed by atoms with van der Waals surface area (Å²) in [4.78, 5) is 33.3. The van der Waals surface area contributed by atoms with Crippen LogP contribution in [0.25, 0.3) is 0 Å². The molecule has 0 heterocycles. The molecule has 0 unspecified atom stereocenters. The first-order valence-electron chi connectivity index (χ1n) is 5.81. The van der Waals surface area contributed by atoms with Gasteiger partial charge in [0.05, 0.1) is 0 Å². The smallest absolute Gasteiger partial charge is 0.337 e. The van der Waals surface area contributed by atoms with E-state index in [-0.39, 0.29) is 6.54 Å². The molecule has 0 aromatic heterocycles. The average molecular weight is 281 g/mol. The lowest BCUT2D eigenvalue weighted by Gasteiger charge is -2.19. The van der Waals surface area contributed by atoms with Crippen LogP contribution in [0.4, 0.5) is 0 Å². The maximum Gasteiger partial charge on any atom is 0.337 e. The van der Waals surface area contributed by atoms with Gasteiger partial charge in [0.25, 0.3) is 5.91 Å². The van der Waals surface area contributed by atoms with E-state index < -0.39 is 30.1 Å². The van der Waals surface area contributed by atoms with Gasteiger partial charge in [-0.2, -0.15) is 0 Å². The Balaban J connectivity index is 2.68. The summed E-state index contributed by atoms with van der Waals surface area (Å²) in [5.74, 6) is -3.38. The van der Waals surface area contributed by atoms with E-state index in [0.717, 1.165) is 12.5 Å². The van der Waals surface area contributed by atoms with Crippen LogP contribution in [0, 0.1) is 0 Å². The van der Waals surface area contributed by atoms with Crippen molar-refractivity contribution in [2.45, 2.75) is 25.7 Å². The number of carboxylic acids is 1. The van der Waals surface area contributed by atoms with Crippen molar-refractivity contribution in [1.82, 2.24) is 5.32 Å². The van der Waals surface area contributed by atoms with E-state index >= 15 is 0 Å².